The number of halogens is 1. The number of nitrogens with zero attached hydrogens (tertiary/aromatic N) is 1. The third-order valence-electron chi connectivity index (χ3n) is 5.53. The first-order valence-electron chi connectivity index (χ1n) is 10.8. The molecule has 0 aliphatic rings. The monoisotopic (exact) mass is 465 g/mol. The van der Waals surface area contributed by atoms with Gasteiger partial charge in [-0.3, -0.25) is 4.79 Å². The van der Waals surface area contributed by atoms with Gasteiger partial charge in [0, 0.05) is 13.5 Å². The zero-order valence-corrected chi connectivity index (χ0v) is 19.8. The molecule has 3 aromatic carbocycles. The molecule has 0 fully saturated rings. The van der Waals surface area contributed by atoms with Gasteiger partial charge in [-0.15, -0.1) is 0 Å². The Hall–Kier alpha value is -3.31. The van der Waals surface area contributed by atoms with Crippen LogP contribution >= 0.6 is 11.6 Å². The summed E-state index contributed by atoms with van der Waals surface area (Å²) >= 11 is 6.44. The molecule has 1 amide bonds. The van der Waals surface area contributed by atoms with E-state index in [2.05, 4.69) is 0 Å². The fourth-order valence-corrected chi connectivity index (χ4v) is 3.81. The molecule has 2 atom stereocenters. The first kappa shape index (κ1) is 24.3. The van der Waals surface area contributed by atoms with E-state index in [4.69, 9.17) is 21.1 Å². The lowest BCUT2D eigenvalue weighted by Gasteiger charge is -2.26. The maximum Gasteiger partial charge on any atom is 0.328 e. The van der Waals surface area contributed by atoms with Crippen LogP contribution in [-0.4, -0.2) is 37.0 Å². The molecule has 33 heavy (non-hydrogen) atoms. The molecule has 0 bridgehead atoms. The number of rotatable bonds is 9. The molecule has 0 spiro atoms. The first-order chi connectivity index (χ1) is 15.9. The Balaban J connectivity index is 1.68. The zero-order chi connectivity index (χ0) is 23.8. The smallest absolute Gasteiger partial charge is 0.328 e. The molecule has 172 valence electrons. The van der Waals surface area contributed by atoms with Crippen LogP contribution in [0.3, 0.4) is 0 Å². The number of carbonyl (C=O) groups excluding carboxylic acids is 2. The Morgan fingerprint density at radius 2 is 1.58 bits per heavy atom. The van der Waals surface area contributed by atoms with E-state index in [0.29, 0.717) is 17.2 Å². The van der Waals surface area contributed by atoms with E-state index in [1.807, 2.05) is 73.7 Å². The van der Waals surface area contributed by atoms with Gasteiger partial charge in [0.25, 0.3) is 0 Å². The summed E-state index contributed by atoms with van der Waals surface area (Å²) in [5, 5.41) is 0.430. The number of hydrogen-bond donors (Lipinski definition) is 0. The maximum atomic E-state index is 13.0. The molecule has 6 heteroatoms. The van der Waals surface area contributed by atoms with E-state index in [0.717, 1.165) is 16.7 Å². The summed E-state index contributed by atoms with van der Waals surface area (Å²) in [6, 6.07) is 24.0. The summed E-state index contributed by atoms with van der Waals surface area (Å²) in [7, 11) is 2.95. The number of esters is 1. The van der Waals surface area contributed by atoms with Crippen LogP contribution in [0.1, 0.15) is 29.7 Å². The summed E-state index contributed by atoms with van der Waals surface area (Å²) in [6.45, 7) is 1.96. The minimum Gasteiger partial charge on any atom is -0.484 e. The second-order valence-electron chi connectivity index (χ2n) is 7.85. The maximum absolute atomic E-state index is 13.0. The zero-order valence-electron chi connectivity index (χ0n) is 19.0. The van der Waals surface area contributed by atoms with Gasteiger partial charge >= 0.3 is 5.97 Å². The van der Waals surface area contributed by atoms with Crippen LogP contribution in [0, 0.1) is 0 Å². The number of carbonyl (C=O) groups is 2. The van der Waals surface area contributed by atoms with Gasteiger partial charge in [-0.1, -0.05) is 78.3 Å². The number of hydrogen-bond acceptors (Lipinski definition) is 4. The van der Waals surface area contributed by atoms with E-state index in [-0.39, 0.29) is 18.4 Å². The number of amides is 1. The molecule has 0 N–H and O–H groups in total. The Kier molecular flexibility index (Phi) is 8.50. The van der Waals surface area contributed by atoms with Crippen molar-refractivity contribution < 1.29 is 19.1 Å². The van der Waals surface area contributed by atoms with Crippen LogP contribution < -0.4 is 4.74 Å². The van der Waals surface area contributed by atoms with Crippen LogP contribution in [0.2, 0.25) is 5.02 Å². The third-order valence-corrected chi connectivity index (χ3v) is 5.83. The fourth-order valence-electron chi connectivity index (χ4n) is 3.56. The molecule has 3 rings (SSSR count). The summed E-state index contributed by atoms with van der Waals surface area (Å²) in [5.74, 6) is -0.107. The molecule has 3 aromatic rings. The van der Waals surface area contributed by atoms with Crippen molar-refractivity contribution in [3.8, 4) is 5.75 Å². The van der Waals surface area contributed by atoms with Crippen molar-refractivity contribution in [2.45, 2.75) is 31.9 Å². The van der Waals surface area contributed by atoms with Crippen LogP contribution in [0.5, 0.6) is 5.75 Å². The second kappa shape index (κ2) is 11.5. The van der Waals surface area contributed by atoms with E-state index in [1.54, 1.807) is 19.2 Å². The van der Waals surface area contributed by atoms with Gasteiger partial charge in [0.15, 0.2) is 0 Å². The van der Waals surface area contributed by atoms with Crippen molar-refractivity contribution in [1.82, 2.24) is 4.90 Å². The highest BCUT2D eigenvalue weighted by Crippen LogP contribution is 2.30. The van der Waals surface area contributed by atoms with Crippen molar-refractivity contribution in [2.75, 3.05) is 14.2 Å². The molecule has 0 aromatic heterocycles. The van der Waals surface area contributed by atoms with Gasteiger partial charge in [0.1, 0.15) is 17.9 Å². The van der Waals surface area contributed by atoms with Gasteiger partial charge in [0.05, 0.1) is 18.6 Å². The molecule has 5 nitrogen and oxygen atoms in total. The third kappa shape index (κ3) is 6.59. The Labute approximate surface area is 199 Å². The number of benzene rings is 3. The van der Waals surface area contributed by atoms with Crippen molar-refractivity contribution in [1.29, 1.82) is 0 Å². The SMILES string of the molecule is COC(=O)[C@@H](Cc1ccccc1)N(C)C(=O)Cc1ccc(OC(C)c2ccccc2)c(Cl)c1. The lowest BCUT2D eigenvalue weighted by atomic mass is 10.0. The quantitative estimate of drug-likeness (QED) is 0.404. The topological polar surface area (TPSA) is 55.8 Å². The fraction of sp³-hybridized carbons (Fsp3) is 0.259. The van der Waals surface area contributed by atoms with E-state index in [9.17, 15) is 9.59 Å². The van der Waals surface area contributed by atoms with Crippen LogP contribution in [0.4, 0.5) is 0 Å². The van der Waals surface area contributed by atoms with Crippen molar-refractivity contribution >= 4 is 23.5 Å². The summed E-state index contributed by atoms with van der Waals surface area (Å²) in [4.78, 5) is 26.8. The number of methoxy groups -OCH3 is 1. The van der Waals surface area contributed by atoms with Crippen LogP contribution in [0.15, 0.2) is 78.9 Å². The number of likely N-dealkylation sites (N-methyl/N-ethyl adjacent to an activating group) is 1. The predicted octanol–water partition coefficient (Wildman–Crippen LogP) is 5.27. The van der Waals surface area contributed by atoms with Crippen molar-refractivity contribution in [3.05, 3.63) is 101 Å². The largest absolute Gasteiger partial charge is 0.484 e. The highest BCUT2D eigenvalue weighted by Gasteiger charge is 2.28. The average molecular weight is 466 g/mol. The Morgan fingerprint density at radius 3 is 2.18 bits per heavy atom. The molecular formula is C27H28ClNO4. The second-order valence-corrected chi connectivity index (χ2v) is 8.25. The summed E-state index contributed by atoms with van der Waals surface area (Å²) in [5.41, 5.74) is 2.73. The van der Waals surface area contributed by atoms with E-state index < -0.39 is 12.0 Å². The molecular weight excluding hydrogens is 438 g/mol. The van der Waals surface area contributed by atoms with Crippen molar-refractivity contribution in [3.63, 3.8) is 0 Å². The first-order valence-corrected chi connectivity index (χ1v) is 11.1. The Bertz CT molecular complexity index is 1070. The molecule has 0 aliphatic carbocycles. The van der Waals surface area contributed by atoms with Crippen LogP contribution in [0.25, 0.3) is 0 Å². The van der Waals surface area contributed by atoms with Crippen molar-refractivity contribution in [2.24, 2.45) is 0 Å². The Morgan fingerprint density at radius 1 is 0.939 bits per heavy atom. The molecule has 0 saturated carbocycles. The normalized spacial score (nSPS) is 12.5. The van der Waals surface area contributed by atoms with Gasteiger partial charge in [-0.2, -0.15) is 0 Å². The standard InChI is InChI=1S/C27H28ClNO4/c1-19(22-12-8-5-9-13-22)33-25-15-14-21(16-23(25)28)18-26(30)29(2)24(27(31)32-3)17-20-10-6-4-7-11-20/h4-16,19,24H,17-18H2,1-3H3/t19?,24-/m1/s1. The molecule has 0 radical (unpaired) electrons. The lowest BCUT2D eigenvalue weighted by molar-refractivity contribution is -0.151. The highest BCUT2D eigenvalue weighted by molar-refractivity contribution is 6.32. The van der Waals surface area contributed by atoms with Gasteiger partial charge in [-0.05, 0) is 35.7 Å². The van der Waals surface area contributed by atoms with E-state index in [1.165, 1.54) is 12.0 Å². The molecule has 0 saturated heterocycles. The molecule has 0 aliphatic heterocycles. The molecule has 1 unspecified atom stereocenters. The average Bonchev–Trinajstić information content (AvgIpc) is 2.84. The summed E-state index contributed by atoms with van der Waals surface area (Å²) < 4.78 is 10.9. The molecule has 0 heterocycles. The highest BCUT2D eigenvalue weighted by atomic mass is 35.5. The van der Waals surface area contributed by atoms with Gasteiger partial charge < -0.3 is 14.4 Å². The minimum absolute atomic E-state index is 0.104. The van der Waals surface area contributed by atoms with E-state index >= 15 is 0 Å². The number of ether oxygens (including phenoxy) is 2. The summed E-state index contributed by atoms with van der Waals surface area (Å²) in [6.07, 6.45) is 0.314. The van der Waals surface area contributed by atoms with Gasteiger partial charge in [-0.25, -0.2) is 4.79 Å². The van der Waals surface area contributed by atoms with Crippen LogP contribution in [-0.2, 0) is 27.2 Å². The lowest BCUT2D eigenvalue weighted by Crippen LogP contribution is -2.45. The van der Waals surface area contributed by atoms with Gasteiger partial charge in [0.2, 0.25) is 5.91 Å². The minimum atomic E-state index is -0.713. The predicted molar refractivity (Wildman–Crippen MR) is 129 cm³/mol.